The first-order valence-electron chi connectivity index (χ1n) is 7.62. The second kappa shape index (κ2) is 6.45. The number of nitrogens with zero attached hydrogens (tertiary/aromatic N) is 3. The molecule has 0 spiro atoms. The SMILES string of the molecule is CC(C)(CCN1CCOCC1)c1cc2c(NN)ncnc2s1. The lowest BCUT2D eigenvalue weighted by molar-refractivity contribution is 0.0351. The molecule has 0 saturated carbocycles. The van der Waals surface area contributed by atoms with Crippen LogP contribution in [0.15, 0.2) is 12.4 Å². The Hall–Kier alpha value is -1.28. The van der Waals surface area contributed by atoms with Crippen molar-refractivity contribution < 1.29 is 4.74 Å². The van der Waals surface area contributed by atoms with E-state index in [1.807, 2.05) is 0 Å². The van der Waals surface area contributed by atoms with Crippen LogP contribution in [0.3, 0.4) is 0 Å². The smallest absolute Gasteiger partial charge is 0.152 e. The van der Waals surface area contributed by atoms with Crippen molar-refractivity contribution in [1.29, 1.82) is 0 Å². The maximum absolute atomic E-state index is 5.54. The van der Waals surface area contributed by atoms with E-state index in [1.54, 1.807) is 17.7 Å². The van der Waals surface area contributed by atoms with E-state index in [0.717, 1.165) is 49.5 Å². The third-order valence-electron chi connectivity index (χ3n) is 4.29. The van der Waals surface area contributed by atoms with Crippen LogP contribution in [0.5, 0.6) is 0 Å². The lowest BCUT2D eigenvalue weighted by atomic mass is 9.87. The van der Waals surface area contributed by atoms with Gasteiger partial charge in [-0.2, -0.15) is 0 Å². The molecule has 1 fully saturated rings. The Morgan fingerprint density at radius 2 is 2.14 bits per heavy atom. The van der Waals surface area contributed by atoms with Gasteiger partial charge in [-0.15, -0.1) is 11.3 Å². The molecule has 0 radical (unpaired) electrons. The maximum atomic E-state index is 5.54. The first kappa shape index (κ1) is 15.6. The normalized spacial score (nSPS) is 17.0. The van der Waals surface area contributed by atoms with Crippen molar-refractivity contribution in [3.05, 3.63) is 17.3 Å². The van der Waals surface area contributed by atoms with Gasteiger partial charge in [-0.05, 0) is 19.0 Å². The molecule has 2 aromatic heterocycles. The highest BCUT2D eigenvalue weighted by molar-refractivity contribution is 7.18. The Kier molecular flexibility index (Phi) is 4.58. The lowest BCUT2D eigenvalue weighted by Crippen LogP contribution is -2.38. The lowest BCUT2D eigenvalue weighted by Gasteiger charge is -2.31. The minimum absolute atomic E-state index is 0.107. The summed E-state index contributed by atoms with van der Waals surface area (Å²) >= 11 is 1.73. The number of ether oxygens (including phenoxy) is 1. The first-order chi connectivity index (χ1) is 10.6. The molecule has 3 rings (SSSR count). The zero-order valence-electron chi connectivity index (χ0n) is 13.1. The van der Waals surface area contributed by atoms with Crippen molar-refractivity contribution in [1.82, 2.24) is 14.9 Å². The molecule has 1 aliphatic heterocycles. The van der Waals surface area contributed by atoms with E-state index in [1.165, 1.54) is 4.88 Å². The third kappa shape index (κ3) is 3.22. The highest BCUT2D eigenvalue weighted by Crippen LogP contribution is 2.37. The van der Waals surface area contributed by atoms with Crippen molar-refractivity contribution >= 4 is 27.4 Å². The Labute approximate surface area is 134 Å². The van der Waals surface area contributed by atoms with E-state index >= 15 is 0 Å². The largest absolute Gasteiger partial charge is 0.379 e. The fourth-order valence-corrected chi connectivity index (χ4v) is 3.82. The van der Waals surface area contributed by atoms with E-state index in [4.69, 9.17) is 10.6 Å². The Morgan fingerprint density at radius 1 is 1.36 bits per heavy atom. The Morgan fingerprint density at radius 3 is 2.86 bits per heavy atom. The molecule has 22 heavy (non-hydrogen) atoms. The zero-order valence-corrected chi connectivity index (χ0v) is 13.9. The number of nitrogens with two attached hydrogens (primary N) is 1. The first-order valence-corrected chi connectivity index (χ1v) is 8.43. The van der Waals surface area contributed by atoms with Crippen LogP contribution in [0.1, 0.15) is 25.1 Å². The molecule has 0 aliphatic carbocycles. The van der Waals surface area contributed by atoms with Crippen LogP contribution >= 0.6 is 11.3 Å². The number of morpholine rings is 1. The maximum Gasteiger partial charge on any atom is 0.152 e. The second-order valence-corrected chi connectivity index (χ2v) is 7.31. The number of nitrogens with one attached hydrogen (secondary N) is 1. The number of hydrogen-bond donors (Lipinski definition) is 2. The van der Waals surface area contributed by atoms with Crippen molar-refractivity contribution in [3.63, 3.8) is 0 Å². The van der Waals surface area contributed by atoms with Crippen molar-refractivity contribution in [2.24, 2.45) is 5.84 Å². The minimum Gasteiger partial charge on any atom is -0.379 e. The summed E-state index contributed by atoms with van der Waals surface area (Å²) in [6.07, 6.45) is 2.66. The Balaban J connectivity index is 1.76. The van der Waals surface area contributed by atoms with Crippen LogP contribution in [0.4, 0.5) is 5.82 Å². The number of aromatic nitrogens is 2. The molecule has 0 bridgehead atoms. The van der Waals surface area contributed by atoms with Crippen LogP contribution in [-0.4, -0.2) is 47.7 Å². The molecule has 120 valence electrons. The number of anilines is 1. The van der Waals surface area contributed by atoms with Crippen molar-refractivity contribution in [2.75, 3.05) is 38.3 Å². The van der Waals surface area contributed by atoms with E-state index in [-0.39, 0.29) is 5.41 Å². The molecule has 0 aromatic carbocycles. The van der Waals surface area contributed by atoms with Gasteiger partial charge in [0.1, 0.15) is 11.2 Å². The van der Waals surface area contributed by atoms with Crippen LogP contribution in [0.2, 0.25) is 0 Å². The number of nitrogen functional groups attached to an aromatic ring is 1. The number of hydrogen-bond acceptors (Lipinski definition) is 7. The summed E-state index contributed by atoms with van der Waals surface area (Å²) in [7, 11) is 0. The molecule has 0 amide bonds. The molecule has 1 saturated heterocycles. The fraction of sp³-hybridized carbons (Fsp3) is 0.600. The molecule has 1 aliphatic rings. The molecule has 2 aromatic rings. The second-order valence-electron chi connectivity index (χ2n) is 6.28. The van der Waals surface area contributed by atoms with E-state index in [2.05, 4.69) is 40.2 Å². The van der Waals surface area contributed by atoms with Gasteiger partial charge in [0.25, 0.3) is 0 Å². The summed E-state index contributed by atoms with van der Waals surface area (Å²) in [5.74, 6) is 6.23. The van der Waals surface area contributed by atoms with Gasteiger partial charge in [0, 0.05) is 23.4 Å². The molecule has 0 unspecified atom stereocenters. The van der Waals surface area contributed by atoms with Gasteiger partial charge in [0.15, 0.2) is 5.82 Å². The highest BCUT2D eigenvalue weighted by Gasteiger charge is 2.25. The van der Waals surface area contributed by atoms with Crippen LogP contribution in [-0.2, 0) is 10.2 Å². The van der Waals surface area contributed by atoms with Crippen molar-refractivity contribution in [3.8, 4) is 0 Å². The molecule has 3 N–H and O–H groups in total. The predicted octanol–water partition coefficient (Wildman–Crippen LogP) is 1.98. The van der Waals surface area contributed by atoms with Crippen LogP contribution in [0, 0.1) is 0 Å². The number of hydrazine groups is 1. The van der Waals surface area contributed by atoms with E-state index < -0.39 is 0 Å². The Bertz CT molecular complexity index is 636. The molecular weight excluding hydrogens is 298 g/mol. The predicted molar refractivity (Wildman–Crippen MR) is 90.1 cm³/mol. The summed E-state index contributed by atoms with van der Waals surface area (Å²) in [4.78, 5) is 13.3. The standard InChI is InChI=1S/C15H23N5OS/c1-15(2,3-4-20-5-7-21-8-6-20)12-9-11-13(19-16)17-10-18-14(11)22-12/h9-10H,3-8,16H2,1-2H3,(H,17,18,19). The molecule has 3 heterocycles. The van der Waals surface area contributed by atoms with Gasteiger partial charge in [-0.3, -0.25) is 4.90 Å². The molecular formula is C15H23N5OS. The van der Waals surface area contributed by atoms with E-state index in [9.17, 15) is 0 Å². The summed E-state index contributed by atoms with van der Waals surface area (Å²) in [6, 6.07) is 2.18. The number of thiophene rings is 1. The monoisotopic (exact) mass is 321 g/mol. The summed E-state index contributed by atoms with van der Waals surface area (Å²) < 4.78 is 5.41. The molecule has 0 atom stereocenters. The number of fused-ring (bicyclic) bond motifs is 1. The van der Waals surface area contributed by atoms with Crippen molar-refractivity contribution in [2.45, 2.75) is 25.7 Å². The minimum atomic E-state index is 0.107. The summed E-state index contributed by atoms with van der Waals surface area (Å²) in [6.45, 7) is 9.46. The fourth-order valence-electron chi connectivity index (χ4n) is 2.69. The van der Waals surface area contributed by atoms with Gasteiger partial charge in [-0.25, -0.2) is 15.8 Å². The summed E-state index contributed by atoms with van der Waals surface area (Å²) in [5.41, 5.74) is 2.76. The average Bonchev–Trinajstić information content (AvgIpc) is 2.99. The highest BCUT2D eigenvalue weighted by atomic mass is 32.1. The zero-order chi connectivity index (χ0) is 15.6. The summed E-state index contributed by atoms with van der Waals surface area (Å²) in [5, 5.41) is 1.00. The molecule has 6 nitrogen and oxygen atoms in total. The van der Waals surface area contributed by atoms with Crippen LogP contribution in [0.25, 0.3) is 10.2 Å². The van der Waals surface area contributed by atoms with Gasteiger partial charge in [0.2, 0.25) is 0 Å². The van der Waals surface area contributed by atoms with Gasteiger partial charge >= 0.3 is 0 Å². The van der Waals surface area contributed by atoms with E-state index in [0.29, 0.717) is 5.82 Å². The van der Waals surface area contributed by atoms with Gasteiger partial charge in [-0.1, -0.05) is 13.8 Å². The van der Waals surface area contributed by atoms with Crippen LogP contribution < -0.4 is 11.3 Å². The molecule has 7 heteroatoms. The quantitative estimate of drug-likeness (QED) is 0.648. The topological polar surface area (TPSA) is 76.3 Å². The third-order valence-corrected chi connectivity index (χ3v) is 5.70. The average molecular weight is 321 g/mol. The van der Waals surface area contributed by atoms with Gasteiger partial charge < -0.3 is 10.2 Å². The van der Waals surface area contributed by atoms with Gasteiger partial charge in [0.05, 0.1) is 18.6 Å². The number of rotatable bonds is 5.